The number of aromatic nitrogens is 2. The number of carbonyl (C=O) groups excluding carboxylic acids is 2. The minimum Gasteiger partial charge on any atom is -0.497 e. The van der Waals surface area contributed by atoms with Crippen molar-refractivity contribution in [1.82, 2.24) is 20.8 Å². The number of nitrogens with zero attached hydrogens (tertiary/aromatic N) is 2. The normalized spacial score (nSPS) is 11.2. The number of hydrogen-bond donors (Lipinski definition) is 2. The van der Waals surface area contributed by atoms with E-state index in [4.69, 9.17) is 9.26 Å². The van der Waals surface area contributed by atoms with Gasteiger partial charge in [-0.3, -0.25) is 9.59 Å². The van der Waals surface area contributed by atoms with Crippen molar-refractivity contribution in [3.63, 3.8) is 0 Å². The molecule has 9 heteroatoms. The van der Waals surface area contributed by atoms with Crippen LogP contribution in [0.3, 0.4) is 0 Å². The minimum atomic E-state index is -0.481. The van der Waals surface area contributed by atoms with Crippen LogP contribution in [-0.4, -0.2) is 29.1 Å². The van der Waals surface area contributed by atoms with Crippen molar-refractivity contribution >= 4 is 29.2 Å². The number of hydrogen-bond acceptors (Lipinski definition) is 7. The average molecular weight is 475 g/mol. The molecule has 0 radical (unpaired) electrons. The third kappa shape index (κ3) is 5.76. The fourth-order valence-electron chi connectivity index (χ4n) is 3.01. The Morgan fingerprint density at radius 1 is 1.09 bits per heavy atom. The van der Waals surface area contributed by atoms with E-state index < -0.39 is 11.8 Å². The minimum absolute atomic E-state index is 0.0118. The molecule has 0 unspecified atom stereocenters. The largest absolute Gasteiger partial charge is 0.497 e. The molecule has 2 aromatic heterocycles. The SMILES string of the molecule is COc1ccc(C(=O)N/C(=C\c2cccs2)C(=O)NCc2nc(-c3ccc(C)cc3)no2)cc1. The zero-order chi connectivity index (χ0) is 23.9. The molecule has 4 rings (SSSR count). The van der Waals surface area contributed by atoms with E-state index in [0.717, 1.165) is 16.0 Å². The summed E-state index contributed by atoms with van der Waals surface area (Å²) in [5.41, 5.74) is 2.44. The molecule has 172 valence electrons. The van der Waals surface area contributed by atoms with E-state index in [2.05, 4.69) is 20.8 Å². The maximum atomic E-state index is 12.9. The topological polar surface area (TPSA) is 106 Å². The molecule has 2 aromatic carbocycles. The summed E-state index contributed by atoms with van der Waals surface area (Å²) in [6, 6.07) is 18.0. The molecule has 2 amide bonds. The van der Waals surface area contributed by atoms with Crippen LogP contribution in [0.1, 0.15) is 26.7 Å². The lowest BCUT2D eigenvalue weighted by molar-refractivity contribution is -0.118. The summed E-state index contributed by atoms with van der Waals surface area (Å²) >= 11 is 1.45. The van der Waals surface area contributed by atoms with Gasteiger partial charge in [0.25, 0.3) is 11.8 Å². The van der Waals surface area contributed by atoms with Gasteiger partial charge in [-0.15, -0.1) is 11.3 Å². The van der Waals surface area contributed by atoms with Crippen LogP contribution >= 0.6 is 11.3 Å². The van der Waals surface area contributed by atoms with E-state index in [1.165, 1.54) is 11.3 Å². The van der Waals surface area contributed by atoms with Gasteiger partial charge in [0.2, 0.25) is 11.7 Å². The zero-order valence-corrected chi connectivity index (χ0v) is 19.4. The molecule has 0 bridgehead atoms. The van der Waals surface area contributed by atoms with Crippen molar-refractivity contribution in [2.24, 2.45) is 0 Å². The summed E-state index contributed by atoms with van der Waals surface area (Å²) in [4.78, 5) is 30.8. The molecule has 0 atom stereocenters. The maximum Gasteiger partial charge on any atom is 0.268 e. The van der Waals surface area contributed by atoms with Gasteiger partial charge in [-0.05, 0) is 48.7 Å². The number of aryl methyl sites for hydroxylation is 1. The number of ether oxygens (including phenoxy) is 1. The molecule has 0 fully saturated rings. The predicted octanol–water partition coefficient (Wildman–Crippen LogP) is 4.20. The molecule has 2 heterocycles. The van der Waals surface area contributed by atoms with Crippen LogP contribution < -0.4 is 15.4 Å². The molecular weight excluding hydrogens is 452 g/mol. The van der Waals surface area contributed by atoms with Crippen LogP contribution in [0.4, 0.5) is 0 Å². The van der Waals surface area contributed by atoms with Crippen molar-refractivity contribution in [3.05, 3.63) is 93.6 Å². The molecule has 0 aliphatic rings. The molecule has 0 aliphatic carbocycles. The Balaban J connectivity index is 1.45. The second-order valence-electron chi connectivity index (χ2n) is 7.32. The number of benzene rings is 2. The van der Waals surface area contributed by atoms with Crippen LogP contribution in [0.5, 0.6) is 5.75 Å². The fourth-order valence-corrected chi connectivity index (χ4v) is 3.67. The van der Waals surface area contributed by atoms with E-state index in [9.17, 15) is 9.59 Å². The number of thiophene rings is 1. The van der Waals surface area contributed by atoms with Gasteiger partial charge >= 0.3 is 0 Å². The van der Waals surface area contributed by atoms with Gasteiger partial charge in [-0.2, -0.15) is 4.98 Å². The number of rotatable bonds is 8. The zero-order valence-electron chi connectivity index (χ0n) is 18.6. The second-order valence-corrected chi connectivity index (χ2v) is 8.30. The standard InChI is InChI=1S/C25H22N4O4S/c1-16-5-7-17(8-6-16)23-28-22(33-29-23)15-26-25(31)21(14-20-4-3-13-34-20)27-24(30)18-9-11-19(32-2)12-10-18/h3-14H,15H2,1-2H3,(H,26,31)(H,27,30)/b21-14-. The second kappa shape index (κ2) is 10.6. The quantitative estimate of drug-likeness (QED) is 0.371. The lowest BCUT2D eigenvalue weighted by Crippen LogP contribution is -2.34. The summed E-state index contributed by atoms with van der Waals surface area (Å²) in [5, 5.41) is 11.3. The Morgan fingerprint density at radius 3 is 2.53 bits per heavy atom. The van der Waals surface area contributed by atoms with Crippen molar-refractivity contribution in [1.29, 1.82) is 0 Å². The highest BCUT2D eigenvalue weighted by Crippen LogP contribution is 2.17. The van der Waals surface area contributed by atoms with E-state index in [-0.39, 0.29) is 18.1 Å². The highest BCUT2D eigenvalue weighted by molar-refractivity contribution is 7.10. The van der Waals surface area contributed by atoms with Crippen molar-refractivity contribution in [2.45, 2.75) is 13.5 Å². The smallest absolute Gasteiger partial charge is 0.268 e. The summed E-state index contributed by atoms with van der Waals surface area (Å²) in [6.45, 7) is 2.01. The van der Waals surface area contributed by atoms with E-state index in [1.807, 2.05) is 48.7 Å². The van der Waals surface area contributed by atoms with Gasteiger partial charge in [0, 0.05) is 16.0 Å². The molecule has 8 nitrogen and oxygen atoms in total. The molecule has 0 aliphatic heterocycles. The lowest BCUT2D eigenvalue weighted by atomic mass is 10.1. The van der Waals surface area contributed by atoms with Crippen LogP contribution in [-0.2, 0) is 11.3 Å². The number of amides is 2. The maximum absolute atomic E-state index is 12.9. The van der Waals surface area contributed by atoms with Crippen molar-refractivity contribution in [3.8, 4) is 17.1 Å². The molecular formula is C25H22N4O4S. The van der Waals surface area contributed by atoms with Gasteiger partial charge < -0.3 is 19.9 Å². The lowest BCUT2D eigenvalue weighted by Gasteiger charge is -2.10. The molecule has 34 heavy (non-hydrogen) atoms. The monoisotopic (exact) mass is 474 g/mol. The molecule has 0 saturated heterocycles. The Labute approximate surface area is 200 Å². The molecule has 0 spiro atoms. The third-order valence-corrected chi connectivity index (χ3v) is 5.67. The van der Waals surface area contributed by atoms with Crippen LogP contribution in [0.15, 0.2) is 76.3 Å². The Morgan fingerprint density at radius 2 is 1.85 bits per heavy atom. The first-order valence-corrected chi connectivity index (χ1v) is 11.3. The molecule has 0 saturated carbocycles. The van der Waals surface area contributed by atoms with E-state index in [1.54, 1.807) is 37.5 Å². The van der Waals surface area contributed by atoms with Crippen molar-refractivity contribution in [2.75, 3.05) is 7.11 Å². The first-order chi connectivity index (χ1) is 16.5. The Bertz CT molecular complexity index is 1290. The van der Waals surface area contributed by atoms with E-state index in [0.29, 0.717) is 17.1 Å². The Kier molecular flexibility index (Phi) is 7.14. The number of methoxy groups -OCH3 is 1. The fraction of sp³-hybridized carbons (Fsp3) is 0.120. The number of nitrogens with one attached hydrogen (secondary N) is 2. The first kappa shape index (κ1) is 22.9. The predicted molar refractivity (Wildman–Crippen MR) is 129 cm³/mol. The highest BCUT2D eigenvalue weighted by atomic mass is 32.1. The van der Waals surface area contributed by atoms with Crippen LogP contribution in [0, 0.1) is 6.92 Å². The average Bonchev–Trinajstić information content (AvgIpc) is 3.55. The Hall–Kier alpha value is -4.24. The first-order valence-electron chi connectivity index (χ1n) is 10.4. The van der Waals surface area contributed by atoms with Gasteiger partial charge in [-0.25, -0.2) is 0 Å². The van der Waals surface area contributed by atoms with Gasteiger partial charge in [0.05, 0.1) is 13.7 Å². The van der Waals surface area contributed by atoms with Crippen molar-refractivity contribution < 1.29 is 18.8 Å². The van der Waals surface area contributed by atoms with E-state index >= 15 is 0 Å². The number of carbonyl (C=O) groups is 2. The van der Waals surface area contributed by atoms with Gasteiger partial charge in [0.15, 0.2) is 0 Å². The summed E-state index contributed by atoms with van der Waals surface area (Å²) in [5.74, 6) is 0.422. The highest BCUT2D eigenvalue weighted by Gasteiger charge is 2.17. The summed E-state index contributed by atoms with van der Waals surface area (Å²) < 4.78 is 10.4. The molecule has 4 aromatic rings. The summed E-state index contributed by atoms with van der Waals surface area (Å²) in [7, 11) is 1.55. The summed E-state index contributed by atoms with van der Waals surface area (Å²) in [6.07, 6.45) is 1.62. The molecule has 2 N–H and O–H groups in total. The van der Waals surface area contributed by atoms with Crippen LogP contribution in [0.2, 0.25) is 0 Å². The van der Waals surface area contributed by atoms with Gasteiger partial charge in [-0.1, -0.05) is 41.1 Å². The third-order valence-electron chi connectivity index (χ3n) is 4.85. The van der Waals surface area contributed by atoms with Gasteiger partial charge in [0.1, 0.15) is 11.4 Å². The van der Waals surface area contributed by atoms with Crippen LogP contribution in [0.25, 0.3) is 17.5 Å².